The number of ether oxygens (including phenoxy) is 2. The first-order valence-corrected chi connectivity index (χ1v) is 10.7. The molecule has 0 bridgehead atoms. The first-order chi connectivity index (χ1) is 15.1. The number of hydrogen-bond acceptors (Lipinski definition) is 6. The van der Waals surface area contributed by atoms with Crippen LogP contribution in [-0.2, 0) is 13.0 Å². The molecule has 0 saturated carbocycles. The largest absolute Gasteiger partial charge is 0.507 e. The van der Waals surface area contributed by atoms with E-state index in [1.807, 2.05) is 45.9 Å². The van der Waals surface area contributed by atoms with E-state index < -0.39 is 11.7 Å². The molecule has 0 radical (unpaired) electrons. The minimum atomic E-state index is -0.863. The Morgan fingerprint density at radius 1 is 1.16 bits per heavy atom. The number of aromatic hydroxyl groups is 2. The number of hydrogen-bond donors (Lipinski definition) is 3. The predicted octanol–water partition coefficient (Wildman–Crippen LogP) is 4.99. The second kappa shape index (κ2) is 8.02. The minimum absolute atomic E-state index is 0.0674. The van der Waals surface area contributed by atoms with Gasteiger partial charge in [-0.1, -0.05) is 23.8 Å². The van der Waals surface area contributed by atoms with Crippen molar-refractivity contribution in [1.82, 2.24) is 0 Å². The van der Waals surface area contributed by atoms with Crippen molar-refractivity contribution < 1.29 is 29.6 Å². The van der Waals surface area contributed by atoms with Crippen LogP contribution in [0.2, 0.25) is 0 Å². The van der Waals surface area contributed by atoms with Crippen LogP contribution < -0.4 is 9.47 Å². The Bertz CT molecular complexity index is 1130. The second-order valence-corrected chi connectivity index (χ2v) is 9.03. The molecule has 3 N–H and O–H groups in total. The van der Waals surface area contributed by atoms with Gasteiger partial charge in [0.25, 0.3) is 0 Å². The van der Waals surface area contributed by atoms with Crippen molar-refractivity contribution in [3.8, 4) is 23.0 Å². The van der Waals surface area contributed by atoms with Gasteiger partial charge in [-0.3, -0.25) is 4.79 Å². The summed E-state index contributed by atoms with van der Waals surface area (Å²) in [5.41, 5.74) is 2.89. The van der Waals surface area contributed by atoms with Crippen LogP contribution in [0.25, 0.3) is 6.08 Å². The molecule has 2 aliphatic heterocycles. The van der Waals surface area contributed by atoms with E-state index in [4.69, 9.17) is 9.47 Å². The molecule has 2 aromatic rings. The molecule has 6 nitrogen and oxygen atoms in total. The average molecular weight is 437 g/mol. The molecule has 4 rings (SSSR count). The van der Waals surface area contributed by atoms with E-state index >= 15 is 0 Å². The molecule has 0 spiro atoms. The van der Waals surface area contributed by atoms with Gasteiger partial charge >= 0.3 is 0 Å². The van der Waals surface area contributed by atoms with Gasteiger partial charge in [-0.2, -0.15) is 0 Å². The van der Waals surface area contributed by atoms with Gasteiger partial charge in [0.1, 0.15) is 34.7 Å². The van der Waals surface area contributed by atoms with E-state index in [2.05, 4.69) is 0 Å². The molecule has 0 aliphatic carbocycles. The highest BCUT2D eigenvalue weighted by molar-refractivity contribution is 6.03. The summed E-state index contributed by atoms with van der Waals surface area (Å²) in [6.07, 6.45) is 5.36. The van der Waals surface area contributed by atoms with E-state index in [-0.39, 0.29) is 35.9 Å². The molecule has 2 aliphatic rings. The summed E-state index contributed by atoms with van der Waals surface area (Å²) in [5.74, 6) is 0.408. The molecule has 2 aromatic carbocycles. The number of allylic oxidation sites excluding steroid dienone is 2. The van der Waals surface area contributed by atoms with E-state index in [1.54, 1.807) is 0 Å². The maximum Gasteiger partial charge on any atom is 0.171 e. The third-order valence-corrected chi connectivity index (χ3v) is 5.83. The highest BCUT2D eigenvalue weighted by Gasteiger charge is 2.38. The quantitative estimate of drug-likeness (QED) is 0.585. The second-order valence-electron chi connectivity index (χ2n) is 9.03. The van der Waals surface area contributed by atoms with E-state index in [0.29, 0.717) is 40.2 Å². The van der Waals surface area contributed by atoms with Gasteiger partial charge in [0.2, 0.25) is 0 Å². The van der Waals surface area contributed by atoms with Crippen LogP contribution in [0.5, 0.6) is 23.0 Å². The fourth-order valence-corrected chi connectivity index (χ4v) is 4.27. The number of benzene rings is 2. The Balaban J connectivity index is 1.97. The van der Waals surface area contributed by atoms with Crippen LogP contribution in [-0.4, -0.2) is 26.7 Å². The monoisotopic (exact) mass is 436 g/mol. The smallest absolute Gasteiger partial charge is 0.171 e. The molecule has 0 fully saturated rings. The standard InChI is InChI=1S/C26H28O6/c1-14(2)8-9-16-24-15(10-11-26(3,4)32-24)17(13-27)22-20(30)12-21(31-25(16)22)23-18(28)6-5-7-19(23)29/h5-8,10-11,21,27-29H,9,12-13H2,1-4H3/t21-/m0/s1. The summed E-state index contributed by atoms with van der Waals surface area (Å²) in [6, 6.07) is 4.42. The minimum Gasteiger partial charge on any atom is -0.507 e. The highest BCUT2D eigenvalue weighted by Crippen LogP contribution is 2.50. The van der Waals surface area contributed by atoms with E-state index in [0.717, 1.165) is 5.57 Å². The summed E-state index contributed by atoms with van der Waals surface area (Å²) < 4.78 is 12.6. The fourth-order valence-electron chi connectivity index (χ4n) is 4.27. The lowest BCUT2D eigenvalue weighted by atomic mass is 9.85. The molecule has 168 valence electrons. The molecule has 0 aromatic heterocycles. The molecular weight excluding hydrogens is 408 g/mol. The Hall–Kier alpha value is -3.25. The van der Waals surface area contributed by atoms with Gasteiger partial charge in [0, 0.05) is 16.7 Å². The third kappa shape index (κ3) is 3.75. The Morgan fingerprint density at radius 2 is 1.84 bits per heavy atom. The summed E-state index contributed by atoms with van der Waals surface area (Å²) in [5, 5.41) is 30.9. The SMILES string of the molecule is CC(C)=CCc1c2c(c(CO)c3c1O[C@H](c1c(O)cccc1O)CC3=O)C=CC(C)(C)O2. The number of carbonyl (C=O) groups is 1. The van der Waals surface area contributed by atoms with Crippen molar-refractivity contribution in [3.63, 3.8) is 0 Å². The van der Waals surface area contributed by atoms with Crippen molar-refractivity contribution in [3.05, 3.63) is 63.7 Å². The summed E-state index contributed by atoms with van der Waals surface area (Å²) in [7, 11) is 0. The molecule has 6 heteroatoms. The van der Waals surface area contributed by atoms with E-state index in [9.17, 15) is 20.1 Å². The first kappa shape index (κ1) is 22.0. The number of aliphatic hydroxyl groups excluding tert-OH is 1. The number of aliphatic hydroxyl groups is 1. The number of carbonyl (C=O) groups excluding carboxylic acids is 1. The van der Waals surface area contributed by atoms with Crippen LogP contribution in [0.15, 0.2) is 35.9 Å². The van der Waals surface area contributed by atoms with Gasteiger partial charge < -0.3 is 24.8 Å². The zero-order valence-corrected chi connectivity index (χ0v) is 18.7. The number of Topliss-reactive ketones (excluding diaryl/α,β-unsaturated/α-hetero) is 1. The molecule has 32 heavy (non-hydrogen) atoms. The number of phenols is 2. The van der Waals surface area contributed by atoms with Crippen LogP contribution in [0, 0.1) is 0 Å². The number of phenolic OH excluding ortho intramolecular Hbond substituents is 2. The fraction of sp³-hybridized carbons (Fsp3) is 0.346. The van der Waals surface area contributed by atoms with Crippen molar-refractivity contribution >= 4 is 11.9 Å². The normalized spacial score (nSPS) is 18.3. The van der Waals surface area contributed by atoms with E-state index in [1.165, 1.54) is 18.2 Å². The molecule has 1 atom stereocenters. The van der Waals surface area contributed by atoms with Gasteiger partial charge in [0.15, 0.2) is 5.78 Å². The summed E-state index contributed by atoms with van der Waals surface area (Å²) >= 11 is 0. The van der Waals surface area contributed by atoms with Gasteiger partial charge in [0.05, 0.1) is 24.2 Å². The van der Waals surface area contributed by atoms with Gasteiger partial charge in [-0.05, 0) is 52.3 Å². The topological polar surface area (TPSA) is 96.2 Å². The highest BCUT2D eigenvalue weighted by atomic mass is 16.5. The third-order valence-electron chi connectivity index (χ3n) is 5.83. The Morgan fingerprint density at radius 3 is 2.47 bits per heavy atom. The van der Waals surface area contributed by atoms with Crippen LogP contribution >= 0.6 is 0 Å². The predicted molar refractivity (Wildman–Crippen MR) is 121 cm³/mol. The lowest BCUT2D eigenvalue weighted by Gasteiger charge is -2.35. The Kier molecular flexibility index (Phi) is 5.51. The molecular formula is C26H28O6. The van der Waals surface area contributed by atoms with Crippen molar-refractivity contribution in [2.24, 2.45) is 0 Å². The lowest BCUT2D eigenvalue weighted by molar-refractivity contribution is 0.0833. The van der Waals surface area contributed by atoms with Crippen LogP contribution in [0.4, 0.5) is 0 Å². The zero-order chi connectivity index (χ0) is 23.2. The molecule has 0 amide bonds. The maximum absolute atomic E-state index is 13.3. The Labute approximate surface area is 187 Å². The first-order valence-electron chi connectivity index (χ1n) is 10.7. The number of fused-ring (bicyclic) bond motifs is 2. The van der Waals surface area contributed by atoms with Crippen molar-refractivity contribution in [1.29, 1.82) is 0 Å². The number of ketones is 1. The number of rotatable bonds is 4. The van der Waals surface area contributed by atoms with Crippen LogP contribution in [0.3, 0.4) is 0 Å². The average Bonchev–Trinajstić information content (AvgIpc) is 2.70. The molecule has 0 saturated heterocycles. The van der Waals surface area contributed by atoms with Crippen molar-refractivity contribution in [2.45, 2.75) is 58.8 Å². The maximum atomic E-state index is 13.3. The van der Waals surface area contributed by atoms with Gasteiger partial charge in [-0.15, -0.1) is 0 Å². The lowest BCUT2D eigenvalue weighted by Crippen LogP contribution is -2.30. The van der Waals surface area contributed by atoms with Gasteiger partial charge in [-0.25, -0.2) is 0 Å². The molecule has 2 heterocycles. The summed E-state index contributed by atoms with van der Waals surface area (Å²) in [4.78, 5) is 13.3. The molecule has 0 unspecified atom stereocenters. The summed E-state index contributed by atoms with van der Waals surface area (Å²) in [6.45, 7) is 7.50. The van der Waals surface area contributed by atoms with Crippen molar-refractivity contribution in [2.75, 3.05) is 0 Å². The van der Waals surface area contributed by atoms with Crippen LogP contribution in [0.1, 0.15) is 72.8 Å². The zero-order valence-electron chi connectivity index (χ0n) is 18.7.